The number of azide groups is 2. The van der Waals surface area contributed by atoms with Crippen molar-refractivity contribution >= 4 is 103 Å². The second-order valence-corrected chi connectivity index (χ2v) is 24.2. The monoisotopic (exact) mass is 1410 g/mol. The molecule has 0 unspecified atom stereocenters. The second-order valence-electron chi connectivity index (χ2n) is 22.9. The fraction of sp³-hybridized carbons (Fsp3) is 0.167. The van der Waals surface area contributed by atoms with Crippen LogP contribution in [0.5, 0.6) is 0 Å². The first kappa shape index (κ1) is 73.3. The molecule has 29 heteroatoms. The zero-order valence-electron chi connectivity index (χ0n) is 54.9. The Bertz CT molecular complexity index is 5170. The van der Waals surface area contributed by atoms with Crippen molar-refractivity contribution in [3.8, 4) is 0 Å². The van der Waals surface area contributed by atoms with E-state index >= 15 is 0 Å². The van der Waals surface area contributed by atoms with Gasteiger partial charge in [0.25, 0.3) is 11.8 Å². The van der Waals surface area contributed by atoms with Gasteiger partial charge in [0.1, 0.15) is 17.5 Å². The van der Waals surface area contributed by atoms with Crippen molar-refractivity contribution in [3.05, 3.63) is 301 Å². The van der Waals surface area contributed by atoms with Crippen molar-refractivity contribution in [3.63, 3.8) is 0 Å². The van der Waals surface area contributed by atoms with E-state index in [0.29, 0.717) is 100 Å². The van der Waals surface area contributed by atoms with E-state index < -0.39 is 5.97 Å². The lowest BCUT2D eigenvalue weighted by molar-refractivity contribution is 0.0696. The minimum Gasteiger partial charge on any atom is -0.478 e. The Labute approximate surface area is 594 Å². The van der Waals surface area contributed by atoms with Crippen LogP contribution in [0.1, 0.15) is 115 Å². The molecule has 9 heterocycles. The summed E-state index contributed by atoms with van der Waals surface area (Å²) in [6, 6.07) is 38.0. The molecular formula is C72H67Cl3N22O4. The zero-order chi connectivity index (χ0) is 72.1. The molecule has 0 radical (unpaired) electrons. The summed E-state index contributed by atoms with van der Waals surface area (Å²) in [5.41, 5.74) is 61.8. The number of rotatable bonds is 19. The maximum Gasteiger partial charge on any atom is 0.335 e. The minimum absolute atomic E-state index is 0.165. The molecule has 0 spiro atoms. The number of anilines is 3. The third kappa shape index (κ3) is 20.5. The summed E-state index contributed by atoms with van der Waals surface area (Å²) in [5, 5.41) is 26.4. The van der Waals surface area contributed by atoms with Crippen LogP contribution in [-0.2, 0) is 58.5 Å². The number of carboxylic acids is 1. The van der Waals surface area contributed by atoms with E-state index in [9.17, 15) is 14.4 Å². The summed E-state index contributed by atoms with van der Waals surface area (Å²) in [6.07, 6.45) is 10.9. The second kappa shape index (κ2) is 35.0. The molecular weight excluding hydrogens is 1340 g/mol. The fourth-order valence-electron chi connectivity index (χ4n) is 10.8. The fourth-order valence-corrected chi connectivity index (χ4v) is 11.3. The molecule has 0 aliphatic carbocycles. The number of benzene rings is 3. The number of hydrogen-bond acceptors (Lipinski definition) is 19. The molecule has 0 saturated carbocycles. The lowest BCUT2D eigenvalue weighted by atomic mass is 10.0. The van der Waals surface area contributed by atoms with Crippen molar-refractivity contribution in [1.29, 1.82) is 0 Å². The number of nitrogen functional groups attached to an aromatic ring is 3. The van der Waals surface area contributed by atoms with E-state index in [1.54, 1.807) is 79.5 Å². The van der Waals surface area contributed by atoms with Gasteiger partial charge in [0, 0.05) is 154 Å². The maximum absolute atomic E-state index is 12.7. The van der Waals surface area contributed by atoms with Crippen molar-refractivity contribution in [2.45, 2.75) is 79.3 Å². The molecule has 101 heavy (non-hydrogen) atoms. The normalized spacial score (nSPS) is 10.6. The van der Waals surface area contributed by atoms with Gasteiger partial charge in [-0.05, 0) is 173 Å². The number of nitrogens with zero attached hydrogens (tertiary/aromatic N) is 15. The van der Waals surface area contributed by atoms with E-state index in [1.165, 1.54) is 18.3 Å². The van der Waals surface area contributed by atoms with Crippen LogP contribution < -0.4 is 39.3 Å². The number of hydrogen-bond donors (Lipinski definition) is 8. The summed E-state index contributed by atoms with van der Waals surface area (Å²) in [7, 11) is 0. The lowest BCUT2D eigenvalue weighted by Crippen LogP contribution is -2.23. The molecule has 2 amide bonds. The van der Waals surface area contributed by atoms with Gasteiger partial charge in [-0.3, -0.25) is 39.5 Å². The van der Waals surface area contributed by atoms with Gasteiger partial charge in [0.2, 0.25) is 0 Å². The van der Waals surface area contributed by atoms with Gasteiger partial charge in [0.05, 0.1) is 50.3 Å². The summed E-state index contributed by atoms with van der Waals surface area (Å²) < 4.78 is 0. The number of aryl methyl sites for hydroxylation is 3. The molecule has 0 bridgehead atoms. The van der Waals surface area contributed by atoms with Crippen LogP contribution in [-0.4, -0.2) is 67.7 Å². The number of carbonyl (C=O) groups is 3. The van der Waals surface area contributed by atoms with Gasteiger partial charge in [-0.2, -0.15) is 0 Å². The highest BCUT2D eigenvalue weighted by atomic mass is 35.5. The topological polar surface area (TPSA) is 439 Å². The van der Waals surface area contributed by atoms with Crippen molar-refractivity contribution in [2.24, 2.45) is 21.7 Å². The highest BCUT2D eigenvalue weighted by Gasteiger charge is 2.16. The maximum atomic E-state index is 12.7. The summed E-state index contributed by atoms with van der Waals surface area (Å²) >= 11 is 18.3. The van der Waals surface area contributed by atoms with E-state index in [2.05, 4.69) is 75.5 Å². The first-order valence-corrected chi connectivity index (χ1v) is 32.2. The van der Waals surface area contributed by atoms with Crippen molar-refractivity contribution in [1.82, 2.24) is 55.5 Å². The predicted octanol–water partition coefficient (Wildman–Crippen LogP) is 13.3. The molecule has 9 aromatic heterocycles. The molecule has 3 aromatic carbocycles. The number of carboxylic acid groups (broad SMARTS) is 1. The van der Waals surface area contributed by atoms with Crippen LogP contribution >= 0.6 is 34.8 Å². The molecule has 0 aliphatic heterocycles. The lowest BCUT2D eigenvalue weighted by Gasteiger charge is -2.10. The Morgan fingerprint density at radius 3 is 1.13 bits per heavy atom. The molecule has 12 aromatic rings. The largest absolute Gasteiger partial charge is 0.478 e. The van der Waals surface area contributed by atoms with Crippen LogP contribution in [0.3, 0.4) is 0 Å². The van der Waals surface area contributed by atoms with Gasteiger partial charge in [-0.25, -0.2) is 19.7 Å². The van der Waals surface area contributed by atoms with Gasteiger partial charge in [0.15, 0.2) is 0 Å². The van der Waals surface area contributed by atoms with Gasteiger partial charge < -0.3 is 44.4 Å². The Morgan fingerprint density at radius 2 is 0.782 bits per heavy atom. The van der Waals surface area contributed by atoms with Gasteiger partial charge in [-0.15, -0.1) is 0 Å². The number of nitrogens with two attached hydrogens (primary N) is 5. The Hall–Kier alpha value is -12.0. The van der Waals surface area contributed by atoms with Crippen LogP contribution in [0, 0.1) is 20.8 Å². The third-order valence-electron chi connectivity index (χ3n) is 15.6. The molecule has 0 fully saturated rings. The number of carbonyl (C=O) groups excluding carboxylic acids is 2. The summed E-state index contributed by atoms with van der Waals surface area (Å²) in [4.78, 5) is 80.8. The quantitative estimate of drug-likeness (QED) is 0.0212. The first-order valence-electron chi connectivity index (χ1n) is 31.1. The number of aromatic carboxylic acids is 1. The van der Waals surface area contributed by atoms with E-state index in [-0.39, 0.29) is 30.5 Å². The number of fused-ring (bicyclic) bond motifs is 3. The first-order chi connectivity index (χ1) is 48.6. The smallest absolute Gasteiger partial charge is 0.335 e. The van der Waals surface area contributed by atoms with E-state index in [1.807, 2.05) is 87.5 Å². The number of halogens is 3. The summed E-state index contributed by atoms with van der Waals surface area (Å²) in [6.45, 7) is 7.56. The average molecular weight is 1410 g/mol. The van der Waals surface area contributed by atoms with Crippen LogP contribution in [0.15, 0.2) is 175 Å². The van der Waals surface area contributed by atoms with Crippen LogP contribution in [0.2, 0.25) is 15.1 Å². The Morgan fingerprint density at radius 1 is 0.446 bits per heavy atom. The molecule has 510 valence electrons. The highest BCUT2D eigenvalue weighted by Crippen LogP contribution is 2.28. The van der Waals surface area contributed by atoms with E-state index in [4.69, 9.17) is 79.6 Å². The van der Waals surface area contributed by atoms with Crippen molar-refractivity contribution in [2.75, 3.05) is 17.2 Å². The van der Waals surface area contributed by atoms with Crippen molar-refractivity contribution < 1.29 is 19.5 Å². The Kier molecular flexibility index (Phi) is 25.4. The SMILES string of the molecule is Cc1nc(N)ccc1CN.Cc1nc(N)ccc1CNC(=O)c1ccnc(Cc2cc(CN)c3ncc(Cl)cc3c2)c1.Cc1nc(N)ccc1CNC(=O)c1ccnc(Cc2cc(CN=[N+]=[N-])c3ncc(Cl)cc3c2)c1.[N-]=[N+]=NCc1cc(Cc2cc(C(=O)O)ccn2)cc2cc(Cl)cnc12. The van der Waals surface area contributed by atoms with E-state index in [0.717, 1.165) is 106 Å². The molecule has 12 rings (SSSR count). The molecule has 0 aliphatic rings. The zero-order valence-corrected chi connectivity index (χ0v) is 57.1. The minimum atomic E-state index is -0.998. The average Bonchev–Trinajstić information content (AvgIpc) is 0.819. The number of amides is 2. The molecule has 0 atom stereocenters. The standard InChI is InChI=1S/C24H21ClN8O.C24H23ClN6O.C17H12ClN5O2.C7H11N3/c1-14-17(2-3-22(26)32-14)11-30-24(34)16-4-5-28-21(10-16)8-15-6-18-9-20(25)13-29-23(18)19(7-15)12-31-33-27;1-14-17(2-3-22(27)31-14)12-30-24(32)16-4-5-28-21(10-16)8-15-6-18-9-20(25)13-29-23(18)19(7-15)11-26;18-14-6-12-3-10(4-13(8-22-23-19)16(12)21-9-14)5-15-7-11(17(24)25)1-2-20-15;1-5-6(4-8)2-3-7(9)10-5/h2-7,9-10,13H,8,11-12H2,1H3,(H2,26,32)(H,30,34);2-7,9-10,13H,8,11-12,26H2,1H3,(H2,27,31)(H,30,32);1-4,6-7,9H,5,8H2,(H,24,25);2-3H,4,8H2,1H3,(H2,9,10). The Balaban J connectivity index is 0.000000166. The number of pyridine rings is 9. The van der Waals surface area contributed by atoms with Gasteiger partial charge >= 0.3 is 5.97 Å². The molecule has 26 nitrogen and oxygen atoms in total. The number of nitrogens with one attached hydrogen (secondary N) is 2. The third-order valence-corrected chi connectivity index (χ3v) is 16.2. The number of aromatic nitrogens is 9. The van der Waals surface area contributed by atoms with Crippen LogP contribution in [0.25, 0.3) is 53.6 Å². The van der Waals surface area contributed by atoms with Gasteiger partial charge in [-0.1, -0.05) is 81.4 Å². The molecule has 13 N–H and O–H groups in total. The summed E-state index contributed by atoms with van der Waals surface area (Å²) in [5.74, 6) is 0.0684. The predicted molar refractivity (Wildman–Crippen MR) is 392 cm³/mol. The molecule has 0 saturated heterocycles. The van der Waals surface area contributed by atoms with Crippen LogP contribution in [0.4, 0.5) is 17.5 Å². The highest BCUT2D eigenvalue weighted by molar-refractivity contribution is 6.31.